The molecule has 0 spiro atoms. The summed E-state index contributed by atoms with van der Waals surface area (Å²) < 4.78 is 10.7. The van der Waals surface area contributed by atoms with E-state index in [0.717, 1.165) is 6.42 Å². The van der Waals surface area contributed by atoms with Crippen molar-refractivity contribution in [1.82, 2.24) is 15.1 Å². The molecule has 1 saturated heterocycles. The fraction of sp³-hybridized carbons (Fsp3) is 0.417. The second-order valence-electron chi connectivity index (χ2n) is 4.31. The van der Waals surface area contributed by atoms with E-state index in [1.165, 1.54) is 0 Å². The molecular formula is C12H14N4O2. The van der Waals surface area contributed by atoms with Crippen molar-refractivity contribution >= 4 is 0 Å². The van der Waals surface area contributed by atoms with Crippen LogP contribution >= 0.6 is 0 Å². The predicted molar refractivity (Wildman–Crippen MR) is 63.7 cm³/mol. The van der Waals surface area contributed by atoms with E-state index in [1.807, 2.05) is 18.2 Å². The van der Waals surface area contributed by atoms with Gasteiger partial charge in [-0.15, -0.1) is 0 Å². The van der Waals surface area contributed by atoms with Gasteiger partial charge in [0.15, 0.2) is 0 Å². The summed E-state index contributed by atoms with van der Waals surface area (Å²) in [5.41, 5.74) is 6.73. The van der Waals surface area contributed by atoms with Crippen LogP contribution in [-0.2, 0) is 4.74 Å². The van der Waals surface area contributed by atoms with E-state index in [1.54, 1.807) is 6.20 Å². The molecule has 2 aromatic heterocycles. The zero-order chi connectivity index (χ0) is 12.4. The highest BCUT2D eigenvalue weighted by Gasteiger charge is 2.29. The highest BCUT2D eigenvalue weighted by Crippen LogP contribution is 2.24. The van der Waals surface area contributed by atoms with E-state index in [-0.39, 0.29) is 12.0 Å². The Bertz CT molecular complexity index is 514. The Balaban J connectivity index is 1.85. The molecule has 6 heteroatoms. The monoisotopic (exact) mass is 246 g/mol. The lowest BCUT2D eigenvalue weighted by Crippen LogP contribution is -2.37. The van der Waals surface area contributed by atoms with Gasteiger partial charge >= 0.3 is 0 Å². The van der Waals surface area contributed by atoms with Crippen LogP contribution < -0.4 is 5.73 Å². The molecule has 94 valence electrons. The normalized spacial score (nSPS) is 24.1. The Morgan fingerprint density at radius 3 is 3.06 bits per heavy atom. The Labute approximate surface area is 104 Å². The maximum Gasteiger partial charge on any atom is 0.234 e. The molecule has 1 aliphatic heterocycles. The highest BCUT2D eigenvalue weighted by molar-refractivity contribution is 5.47. The molecule has 0 aromatic carbocycles. The summed E-state index contributed by atoms with van der Waals surface area (Å²) in [5.74, 6) is 0.995. The van der Waals surface area contributed by atoms with E-state index in [2.05, 4.69) is 15.1 Å². The minimum atomic E-state index is -0.0243. The Morgan fingerprint density at radius 1 is 1.33 bits per heavy atom. The third-order valence-corrected chi connectivity index (χ3v) is 3.06. The summed E-state index contributed by atoms with van der Waals surface area (Å²) in [4.78, 5) is 8.53. The van der Waals surface area contributed by atoms with E-state index in [4.69, 9.17) is 15.0 Å². The molecule has 18 heavy (non-hydrogen) atoms. The van der Waals surface area contributed by atoms with Crippen LogP contribution in [0.3, 0.4) is 0 Å². The molecule has 0 aliphatic carbocycles. The van der Waals surface area contributed by atoms with Gasteiger partial charge in [-0.2, -0.15) is 4.98 Å². The Hall–Kier alpha value is -1.79. The molecule has 6 nitrogen and oxygen atoms in total. The van der Waals surface area contributed by atoms with Crippen LogP contribution in [0.2, 0.25) is 0 Å². The topological polar surface area (TPSA) is 87.1 Å². The van der Waals surface area contributed by atoms with Gasteiger partial charge in [0, 0.05) is 18.8 Å². The van der Waals surface area contributed by atoms with Crippen LogP contribution in [0.5, 0.6) is 0 Å². The lowest BCUT2D eigenvalue weighted by Gasteiger charge is -2.25. The number of hydrogen-bond acceptors (Lipinski definition) is 6. The zero-order valence-corrected chi connectivity index (χ0v) is 9.82. The van der Waals surface area contributed by atoms with Gasteiger partial charge in [-0.05, 0) is 18.6 Å². The summed E-state index contributed by atoms with van der Waals surface area (Å²) in [6.45, 7) is 1.23. The lowest BCUT2D eigenvalue weighted by molar-refractivity contribution is 0.0590. The lowest BCUT2D eigenvalue weighted by atomic mass is 9.97. The Kier molecular flexibility index (Phi) is 3.04. The van der Waals surface area contributed by atoms with Crippen molar-refractivity contribution < 1.29 is 9.26 Å². The van der Waals surface area contributed by atoms with E-state index in [0.29, 0.717) is 30.6 Å². The van der Waals surface area contributed by atoms with Crippen LogP contribution in [0.1, 0.15) is 18.2 Å². The van der Waals surface area contributed by atoms with E-state index in [9.17, 15) is 0 Å². The number of aromatic nitrogens is 3. The minimum absolute atomic E-state index is 0.00998. The van der Waals surface area contributed by atoms with Gasteiger partial charge in [0.1, 0.15) is 5.69 Å². The van der Waals surface area contributed by atoms with Gasteiger partial charge in [-0.25, -0.2) is 0 Å². The first-order valence-electron chi connectivity index (χ1n) is 5.93. The largest absolute Gasteiger partial charge is 0.381 e. The molecule has 2 aromatic rings. The summed E-state index contributed by atoms with van der Waals surface area (Å²) in [5, 5.41) is 3.94. The van der Waals surface area contributed by atoms with Gasteiger partial charge < -0.3 is 15.0 Å². The number of hydrogen-bond donors (Lipinski definition) is 1. The molecule has 3 heterocycles. The first-order valence-corrected chi connectivity index (χ1v) is 5.93. The first-order chi connectivity index (χ1) is 8.84. The van der Waals surface area contributed by atoms with E-state index >= 15 is 0 Å². The van der Waals surface area contributed by atoms with Gasteiger partial charge in [-0.1, -0.05) is 11.2 Å². The molecule has 1 fully saturated rings. The maximum absolute atomic E-state index is 6.04. The van der Waals surface area contributed by atoms with Crippen LogP contribution in [0.25, 0.3) is 11.5 Å². The van der Waals surface area contributed by atoms with Crippen molar-refractivity contribution in [3.05, 3.63) is 30.3 Å². The molecule has 2 unspecified atom stereocenters. The second-order valence-corrected chi connectivity index (χ2v) is 4.31. The van der Waals surface area contributed by atoms with Gasteiger partial charge in [0.05, 0.1) is 12.5 Å². The number of nitrogens with two attached hydrogens (primary N) is 1. The fourth-order valence-electron chi connectivity index (χ4n) is 1.99. The fourth-order valence-corrected chi connectivity index (χ4v) is 1.99. The molecule has 0 amide bonds. The van der Waals surface area contributed by atoms with Crippen molar-refractivity contribution in [3.63, 3.8) is 0 Å². The van der Waals surface area contributed by atoms with Crippen LogP contribution in [0.4, 0.5) is 0 Å². The number of nitrogens with zero attached hydrogens (tertiary/aromatic N) is 3. The third-order valence-electron chi connectivity index (χ3n) is 3.06. The first kappa shape index (κ1) is 11.3. The summed E-state index contributed by atoms with van der Waals surface area (Å²) in [7, 11) is 0. The molecular weight excluding hydrogens is 232 g/mol. The average Bonchev–Trinajstić information content (AvgIpc) is 2.90. The Morgan fingerprint density at radius 2 is 2.28 bits per heavy atom. The third kappa shape index (κ3) is 2.12. The number of pyridine rings is 1. The van der Waals surface area contributed by atoms with Gasteiger partial charge in [-0.3, -0.25) is 4.98 Å². The predicted octanol–water partition coefficient (Wildman–Crippen LogP) is 0.963. The highest BCUT2D eigenvalue weighted by atomic mass is 16.5. The molecule has 1 aliphatic rings. The van der Waals surface area contributed by atoms with Crippen molar-refractivity contribution in [1.29, 1.82) is 0 Å². The van der Waals surface area contributed by atoms with Gasteiger partial charge in [0.2, 0.25) is 11.7 Å². The molecule has 0 radical (unpaired) electrons. The number of ether oxygens (including phenoxy) is 1. The summed E-state index contributed by atoms with van der Waals surface area (Å²) in [6.07, 6.45) is 2.51. The quantitative estimate of drug-likeness (QED) is 0.849. The maximum atomic E-state index is 6.04. The zero-order valence-electron chi connectivity index (χ0n) is 9.82. The molecule has 0 saturated carbocycles. The summed E-state index contributed by atoms with van der Waals surface area (Å²) >= 11 is 0. The van der Waals surface area contributed by atoms with Crippen LogP contribution in [0, 0.1) is 0 Å². The van der Waals surface area contributed by atoms with Crippen molar-refractivity contribution in [2.75, 3.05) is 13.2 Å². The SMILES string of the molecule is NC1CCOCC1c1nc(-c2ccccn2)no1. The molecule has 0 bridgehead atoms. The van der Waals surface area contributed by atoms with E-state index < -0.39 is 0 Å². The van der Waals surface area contributed by atoms with Crippen molar-refractivity contribution in [2.24, 2.45) is 5.73 Å². The minimum Gasteiger partial charge on any atom is -0.381 e. The second kappa shape index (κ2) is 4.83. The summed E-state index contributed by atoms with van der Waals surface area (Å²) in [6, 6.07) is 5.57. The van der Waals surface area contributed by atoms with Crippen molar-refractivity contribution in [2.45, 2.75) is 18.4 Å². The standard InChI is InChI=1S/C12H14N4O2/c13-9-4-6-17-7-8(9)12-15-11(16-18-12)10-3-1-2-5-14-10/h1-3,5,8-9H,4,6-7,13H2. The van der Waals surface area contributed by atoms with Crippen molar-refractivity contribution in [3.8, 4) is 11.5 Å². The van der Waals surface area contributed by atoms with Gasteiger partial charge in [0.25, 0.3) is 0 Å². The van der Waals surface area contributed by atoms with Crippen LogP contribution in [0.15, 0.2) is 28.9 Å². The molecule has 2 N–H and O–H groups in total. The number of rotatable bonds is 2. The smallest absolute Gasteiger partial charge is 0.234 e. The average molecular weight is 246 g/mol. The molecule has 3 rings (SSSR count). The van der Waals surface area contributed by atoms with Crippen LogP contribution in [-0.4, -0.2) is 34.4 Å². The molecule has 2 atom stereocenters.